The highest BCUT2D eigenvalue weighted by Crippen LogP contribution is 2.13. The van der Waals surface area contributed by atoms with Crippen molar-refractivity contribution < 1.29 is 0 Å². The first-order valence-electron chi connectivity index (χ1n) is 4.53. The average Bonchev–Trinajstić information content (AvgIpc) is 2.17. The van der Waals surface area contributed by atoms with Gasteiger partial charge in [0.25, 0.3) is 0 Å². The Kier molecular flexibility index (Phi) is 3.07. The Hall–Kier alpha value is -1.31. The van der Waals surface area contributed by atoms with Crippen LogP contribution in [-0.2, 0) is 6.42 Å². The van der Waals surface area contributed by atoms with Gasteiger partial charge >= 0.3 is 0 Å². The fourth-order valence-corrected chi connectivity index (χ4v) is 1.15. The summed E-state index contributed by atoms with van der Waals surface area (Å²) in [7, 11) is 1.91. The standard InChI is InChI=1S/C11H16N2/c1-4-10-5-7-11(8-6-10)13(3)9(2)12/h5-8,12H,4H2,1-3H3. The Bertz CT molecular complexity index is 287. The van der Waals surface area contributed by atoms with E-state index >= 15 is 0 Å². The molecule has 1 aromatic rings. The van der Waals surface area contributed by atoms with E-state index in [1.165, 1.54) is 5.56 Å². The molecule has 0 unspecified atom stereocenters. The molecule has 0 heterocycles. The van der Waals surface area contributed by atoms with Crippen molar-refractivity contribution in [3.8, 4) is 0 Å². The Balaban J connectivity index is 2.85. The van der Waals surface area contributed by atoms with Crippen LogP contribution in [0.25, 0.3) is 0 Å². The number of hydrogen-bond donors (Lipinski definition) is 1. The van der Waals surface area contributed by atoms with E-state index < -0.39 is 0 Å². The van der Waals surface area contributed by atoms with Crippen LogP contribution in [0.2, 0.25) is 0 Å². The van der Waals surface area contributed by atoms with E-state index in [-0.39, 0.29) is 0 Å². The van der Waals surface area contributed by atoms with Crippen LogP contribution in [0.1, 0.15) is 19.4 Å². The predicted molar refractivity (Wildman–Crippen MR) is 57.6 cm³/mol. The van der Waals surface area contributed by atoms with Crippen LogP contribution >= 0.6 is 0 Å². The maximum Gasteiger partial charge on any atom is 0.0967 e. The zero-order valence-corrected chi connectivity index (χ0v) is 8.46. The van der Waals surface area contributed by atoms with Crippen molar-refractivity contribution in [2.45, 2.75) is 20.3 Å². The van der Waals surface area contributed by atoms with E-state index in [0.717, 1.165) is 12.1 Å². The highest BCUT2D eigenvalue weighted by molar-refractivity contribution is 5.92. The van der Waals surface area contributed by atoms with Crippen molar-refractivity contribution in [1.29, 1.82) is 5.41 Å². The number of nitrogens with one attached hydrogen (secondary N) is 1. The lowest BCUT2D eigenvalue weighted by Gasteiger charge is -2.17. The molecule has 0 saturated heterocycles. The van der Waals surface area contributed by atoms with Crippen molar-refractivity contribution in [3.05, 3.63) is 29.8 Å². The van der Waals surface area contributed by atoms with Gasteiger partial charge < -0.3 is 4.90 Å². The van der Waals surface area contributed by atoms with E-state index in [9.17, 15) is 0 Å². The average molecular weight is 176 g/mol. The highest BCUT2D eigenvalue weighted by atomic mass is 15.1. The Morgan fingerprint density at radius 3 is 2.23 bits per heavy atom. The molecule has 2 nitrogen and oxygen atoms in total. The predicted octanol–water partition coefficient (Wildman–Crippen LogP) is 2.68. The minimum atomic E-state index is 0.559. The molecule has 2 heteroatoms. The number of benzene rings is 1. The molecule has 13 heavy (non-hydrogen) atoms. The van der Waals surface area contributed by atoms with E-state index in [4.69, 9.17) is 5.41 Å². The second-order valence-electron chi connectivity index (χ2n) is 3.16. The second-order valence-corrected chi connectivity index (χ2v) is 3.16. The van der Waals surface area contributed by atoms with Gasteiger partial charge in [0.1, 0.15) is 0 Å². The molecular weight excluding hydrogens is 160 g/mol. The number of aryl methyl sites for hydroxylation is 1. The van der Waals surface area contributed by atoms with Crippen LogP contribution in [0.3, 0.4) is 0 Å². The second kappa shape index (κ2) is 4.08. The monoisotopic (exact) mass is 176 g/mol. The highest BCUT2D eigenvalue weighted by Gasteiger charge is 2.00. The molecule has 0 radical (unpaired) electrons. The third-order valence-corrected chi connectivity index (χ3v) is 2.24. The molecule has 0 bridgehead atoms. The zero-order valence-electron chi connectivity index (χ0n) is 8.46. The quantitative estimate of drug-likeness (QED) is 0.544. The maximum atomic E-state index is 7.46. The van der Waals surface area contributed by atoms with Gasteiger partial charge in [0.05, 0.1) is 5.84 Å². The largest absolute Gasteiger partial charge is 0.334 e. The first kappa shape index (κ1) is 9.78. The molecule has 0 aromatic heterocycles. The van der Waals surface area contributed by atoms with Gasteiger partial charge in [-0.3, -0.25) is 5.41 Å². The molecule has 0 aliphatic carbocycles. The lowest BCUT2D eigenvalue weighted by atomic mass is 10.1. The molecule has 0 spiro atoms. The summed E-state index contributed by atoms with van der Waals surface area (Å²) in [5.41, 5.74) is 2.41. The van der Waals surface area contributed by atoms with Gasteiger partial charge in [0, 0.05) is 12.7 Å². The molecule has 1 rings (SSSR count). The third kappa shape index (κ3) is 2.31. The summed E-state index contributed by atoms with van der Waals surface area (Å²) < 4.78 is 0. The number of nitrogens with zero attached hydrogens (tertiary/aromatic N) is 1. The molecule has 0 fully saturated rings. The Labute approximate surface area is 79.7 Å². The summed E-state index contributed by atoms with van der Waals surface area (Å²) in [6, 6.07) is 8.32. The normalized spacial score (nSPS) is 9.77. The van der Waals surface area contributed by atoms with Crippen LogP contribution in [0.15, 0.2) is 24.3 Å². The fraction of sp³-hybridized carbons (Fsp3) is 0.364. The number of rotatable bonds is 2. The molecule has 0 aliphatic rings. The first-order valence-corrected chi connectivity index (χ1v) is 4.53. The van der Waals surface area contributed by atoms with Gasteiger partial charge in [-0.15, -0.1) is 0 Å². The van der Waals surface area contributed by atoms with Crippen LogP contribution in [0.4, 0.5) is 5.69 Å². The number of hydrogen-bond acceptors (Lipinski definition) is 1. The smallest absolute Gasteiger partial charge is 0.0967 e. The number of amidine groups is 1. The van der Waals surface area contributed by atoms with Crippen molar-refractivity contribution >= 4 is 11.5 Å². The molecule has 1 aromatic carbocycles. The van der Waals surface area contributed by atoms with Gasteiger partial charge in [-0.1, -0.05) is 19.1 Å². The van der Waals surface area contributed by atoms with Crippen LogP contribution in [-0.4, -0.2) is 12.9 Å². The molecule has 0 amide bonds. The number of anilines is 1. The zero-order chi connectivity index (χ0) is 9.84. The summed E-state index contributed by atoms with van der Waals surface area (Å²) in [6.45, 7) is 3.92. The van der Waals surface area contributed by atoms with E-state index in [0.29, 0.717) is 5.84 Å². The molecule has 0 atom stereocenters. The van der Waals surface area contributed by atoms with E-state index in [2.05, 4.69) is 31.2 Å². The van der Waals surface area contributed by atoms with E-state index in [1.54, 1.807) is 6.92 Å². The van der Waals surface area contributed by atoms with Crippen LogP contribution in [0, 0.1) is 5.41 Å². The minimum absolute atomic E-state index is 0.559. The van der Waals surface area contributed by atoms with Crippen molar-refractivity contribution in [2.24, 2.45) is 0 Å². The van der Waals surface area contributed by atoms with Gasteiger partial charge in [0.2, 0.25) is 0 Å². The SMILES string of the molecule is CCc1ccc(N(C)C(C)=N)cc1. The summed E-state index contributed by atoms with van der Waals surface area (Å²) in [5.74, 6) is 0.559. The third-order valence-electron chi connectivity index (χ3n) is 2.24. The van der Waals surface area contributed by atoms with Gasteiger partial charge in [-0.25, -0.2) is 0 Å². The Morgan fingerprint density at radius 1 is 1.31 bits per heavy atom. The summed E-state index contributed by atoms with van der Waals surface area (Å²) in [6.07, 6.45) is 1.06. The van der Waals surface area contributed by atoms with E-state index in [1.807, 2.05) is 11.9 Å². The topological polar surface area (TPSA) is 27.1 Å². The molecule has 70 valence electrons. The lowest BCUT2D eigenvalue weighted by molar-refractivity contribution is 1.13. The Morgan fingerprint density at radius 2 is 1.85 bits per heavy atom. The molecule has 0 saturated carbocycles. The van der Waals surface area contributed by atoms with Crippen molar-refractivity contribution in [2.75, 3.05) is 11.9 Å². The summed E-state index contributed by atoms with van der Waals surface area (Å²) >= 11 is 0. The lowest BCUT2D eigenvalue weighted by Crippen LogP contribution is -2.21. The molecule has 0 aliphatic heterocycles. The fourth-order valence-electron chi connectivity index (χ4n) is 1.15. The van der Waals surface area contributed by atoms with Crippen LogP contribution in [0.5, 0.6) is 0 Å². The van der Waals surface area contributed by atoms with Gasteiger partial charge in [-0.2, -0.15) is 0 Å². The van der Waals surface area contributed by atoms with Crippen LogP contribution < -0.4 is 4.90 Å². The van der Waals surface area contributed by atoms with Crippen molar-refractivity contribution in [3.63, 3.8) is 0 Å². The first-order chi connectivity index (χ1) is 6.15. The summed E-state index contributed by atoms with van der Waals surface area (Å²) in [4.78, 5) is 1.86. The van der Waals surface area contributed by atoms with Crippen molar-refractivity contribution in [1.82, 2.24) is 0 Å². The molecule has 1 N–H and O–H groups in total. The molecular formula is C11H16N2. The summed E-state index contributed by atoms with van der Waals surface area (Å²) in [5, 5.41) is 7.46. The van der Waals surface area contributed by atoms with Gasteiger partial charge in [0.15, 0.2) is 0 Å². The van der Waals surface area contributed by atoms with Gasteiger partial charge in [-0.05, 0) is 31.0 Å². The minimum Gasteiger partial charge on any atom is -0.334 e. The maximum absolute atomic E-state index is 7.46.